The first kappa shape index (κ1) is 25.1. The molecular weight excluding hydrogens is 490 g/mol. The Bertz CT molecular complexity index is 1330. The molecule has 1 aliphatic carbocycles. The number of nitro groups is 1. The number of nitro benzene ring substituents is 1. The molecule has 188 valence electrons. The lowest BCUT2D eigenvalue weighted by molar-refractivity contribution is -0.384. The van der Waals surface area contributed by atoms with Gasteiger partial charge in [0.25, 0.3) is 11.6 Å². The van der Waals surface area contributed by atoms with E-state index in [2.05, 4.69) is 15.6 Å². The third-order valence-electron chi connectivity index (χ3n) is 6.42. The smallest absolute Gasteiger partial charge is 0.294 e. The zero-order valence-corrected chi connectivity index (χ0v) is 20.4. The second-order valence-corrected chi connectivity index (χ2v) is 9.12. The van der Waals surface area contributed by atoms with E-state index in [-0.39, 0.29) is 57.7 Å². The normalized spacial score (nSPS) is 17.4. The molecule has 0 atom stereocenters. The van der Waals surface area contributed by atoms with Crippen molar-refractivity contribution in [3.63, 3.8) is 0 Å². The van der Waals surface area contributed by atoms with Crippen LogP contribution < -0.4 is 10.6 Å². The molecule has 1 saturated carbocycles. The number of hydrogen-bond donors (Lipinski definition) is 2. The van der Waals surface area contributed by atoms with E-state index in [1.54, 1.807) is 18.0 Å². The van der Waals surface area contributed by atoms with Gasteiger partial charge >= 0.3 is 0 Å². The SMILES string of the molecule is CC(=O)N(C)[C@H]1CC[C@H](C(=O)Nc2c(C(=O)Nc3ccc(Cl)cn3)oc3ccc([N+](=O)[O-])cc23)CC1. The molecule has 4 rings (SSSR count). The van der Waals surface area contributed by atoms with Crippen molar-refractivity contribution in [1.29, 1.82) is 0 Å². The maximum atomic E-state index is 13.2. The maximum absolute atomic E-state index is 13.2. The average Bonchev–Trinajstić information content (AvgIpc) is 3.22. The van der Waals surface area contributed by atoms with Crippen LogP contribution in [0.15, 0.2) is 40.9 Å². The number of pyridine rings is 1. The Morgan fingerprint density at radius 3 is 2.47 bits per heavy atom. The highest BCUT2D eigenvalue weighted by atomic mass is 35.5. The van der Waals surface area contributed by atoms with Crippen molar-refractivity contribution in [1.82, 2.24) is 9.88 Å². The molecule has 0 unspecified atom stereocenters. The Kier molecular flexibility index (Phi) is 7.20. The van der Waals surface area contributed by atoms with Crippen LogP contribution in [0.2, 0.25) is 5.02 Å². The first-order valence-corrected chi connectivity index (χ1v) is 11.7. The molecule has 0 radical (unpaired) electrons. The van der Waals surface area contributed by atoms with Gasteiger partial charge in [-0.1, -0.05) is 11.6 Å². The van der Waals surface area contributed by atoms with Crippen molar-refractivity contribution in [2.75, 3.05) is 17.7 Å². The number of furan rings is 1. The number of amides is 3. The number of carbonyl (C=O) groups is 3. The number of rotatable bonds is 6. The number of non-ortho nitro benzene ring substituents is 1. The second kappa shape index (κ2) is 10.3. The number of benzene rings is 1. The predicted octanol–water partition coefficient (Wildman–Crippen LogP) is 4.62. The minimum absolute atomic E-state index is 0.0276. The van der Waals surface area contributed by atoms with Gasteiger partial charge in [-0.3, -0.25) is 24.5 Å². The molecule has 12 heteroatoms. The largest absolute Gasteiger partial charge is 0.449 e. The van der Waals surface area contributed by atoms with E-state index in [0.717, 1.165) is 0 Å². The topological polar surface area (TPSA) is 148 Å². The summed E-state index contributed by atoms with van der Waals surface area (Å²) < 4.78 is 5.71. The maximum Gasteiger partial charge on any atom is 0.294 e. The highest BCUT2D eigenvalue weighted by Crippen LogP contribution is 2.36. The van der Waals surface area contributed by atoms with Crippen molar-refractivity contribution in [2.24, 2.45) is 5.92 Å². The van der Waals surface area contributed by atoms with Gasteiger partial charge in [0.2, 0.25) is 17.6 Å². The van der Waals surface area contributed by atoms with E-state index >= 15 is 0 Å². The van der Waals surface area contributed by atoms with Crippen LogP contribution in [0.3, 0.4) is 0 Å². The van der Waals surface area contributed by atoms with E-state index in [1.807, 2.05) is 0 Å². The van der Waals surface area contributed by atoms with Gasteiger partial charge in [-0.25, -0.2) is 4.98 Å². The number of nitrogens with one attached hydrogen (secondary N) is 2. The molecule has 0 spiro atoms. The molecule has 3 aromatic rings. The molecule has 1 aliphatic rings. The summed E-state index contributed by atoms with van der Waals surface area (Å²) in [6.07, 6.45) is 3.81. The highest BCUT2D eigenvalue weighted by Gasteiger charge is 2.31. The fraction of sp³-hybridized carbons (Fsp3) is 0.333. The van der Waals surface area contributed by atoms with Crippen molar-refractivity contribution in [3.8, 4) is 0 Å². The van der Waals surface area contributed by atoms with Crippen molar-refractivity contribution in [3.05, 3.63) is 57.4 Å². The lowest BCUT2D eigenvalue weighted by Crippen LogP contribution is -2.40. The van der Waals surface area contributed by atoms with Gasteiger partial charge in [0.15, 0.2) is 0 Å². The molecule has 11 nitrogen and oxygen atoms in total. The number of nitrogens with zero attached hydrogens (tertiary/aromatic N) is 3. The van der Waals surface area contributed by atoms with E-state index < -0.39 is 10.8 Å². The zero-order chi connectivity index (χ0) is 26.0. The Balaban J connectivity index is 1.60. The molecule has 0 aliphatic heterocycles. The Labute approximate surface area is 210 Å². The number of aromatic nitrogens is 1. The van der Waals surface area contributed by atoms with Gasteiger partial charge in [0.1, 0.15) is 17.1 Å². The zero-order valence-electron chi connectivity index (χ0n) is 19.6. The van der Waals surface area contributed by atoms with Gasteiger partial charge in [-0.15, -0.1) is 0 Å². The summed E-state index contributed by atoms with van der Waals surface area (Å²) in [6, 6.07) is 7.01. The van der Waals surface area contributed by atoms with Crippen molar-refractivity contribution < 1.29 is 23.7 Å². The summed E-state index contributed by atoms with van der Waals surface area (Å²) in [6.45, 7) is 1.51. The summed E-state index contributed by atoms with van der Waals surface area (Å²) in [5, 5.41) is 17.3. The molecule has 2 aromatic heterocycles. The molecule has 2 N–H and O–H groups in total. The Hall–Kier alpha value is -3.99. The summed E-state index contributed by atoms with van der Waals surface area (Å²) in [4.78, 5) is 54.4. The van der Waals surface area contributed by atoms with Crippen molar-refractivity contribution in [2.45, 2.75) is 38.6 Å². The monoisotopic (exact) mass is 513 g/mol. The third kappa shape index (κ3) is 5.30. The fourth-order valence-electron chi connectivity index (χ4n) is 4.31. The lowest BCUT2D eigenvalue weighted by Gasteiger charge is -2.33. The van der Waals surface area contributed by atoms with Gasteiger partial charge in [0, 0.05) is 44.3 Å². The molecule has 1 aromatic carbocycles. The van der Waals surface area contributed by atoms with E-state index in [0.29, 0.717) is 30.7 Å². The van der Waals surface area contributed by atoms with Crippen LogP contribution in [0.4, 0.5) is 17.2 Å². The predicted molar refractivity (Wildman–Crippen MR) is 133 cm³/mol. The Morgan fingerprint density at radius 2 is 1.86 bits per heavy atom. The van der Waals surface area contributed by atoms with Gasteiger partial charge in [-0.05, 0) is 43.9 Å². The number of fused-ring (bicyclic) bond motifs is 1. The van der Waals surface area contributed by atoms with Gasteiger partial charge < -0.3 is 20.0 Å². The average molecular weight is 514 g/mol. The first-order valence-electron chi connectivity index (χ1n) is 11.3. The number of hydrogen-bond acceptors (Lipinski definition) is 7. The quantitative estimate of drug-likeness (QED) is 0.361. The Morgan fingerprint density at radius 1 is 1.14 bits per heavy atom. The van der Waals surface area contributed by atoms with Crippen LogP contribution in [0.1, 0.15) is 43.2 Å². The third-order valence-corrected chi connectivity index (χ3v) is 6.64. The van der Waals surface area contributed by atoms with Crippen molar-refractivity contribution >= 4 is 57.5 Å². The molecular formula is C24H24ClN5O6. The molecule has 0 bridgehead atoms. The number of anilines is 2. The standard InChI is InChI=1S/C24H24ClN5O6/c1-13(31)29(2)16-6-3-14(4-7-16)23(32)28-21-18-11-17(30(34)35)8-9-19(18)36-22(21)24(33)27-20-10-5-15(25)12-26-20/h5,8-12,14,16H,3-4,6-7H2,1-2H3,(H,28,32)(H,26,27,33)/t14-,16-. The van der Waals surface area contributed by atoms with Gasteiger partial charge in [-0.2, -0.15) is 0 Å². The van der Waals surface area contributed by atoms with Crippen LogP contribution in [-0.2, 0) is 9.59 Å². The van der Waals surface area contributed by atoms with Crippen LogP contribution >= 0.6 is 11.6 Å². The van der Waals surface area contributed by atoms with Gasteiger partial charge in [0.05, 0.1) is 15.3 Å². The number of carbonyl (C=O) groups excluding carboxylic acids is 3. The molecule has 0 saturated heterocycles. The highest BCUT2D eigenvalue weighted by molar-refractivity contribution is 6.30. The summed E-state index contributed by atoms with van der Waals surface area (Å²) >= 11 is 5.84. The van der Waals surface area contributed by atoms with E-state index in [1.165, 1.54) is 37.4 Å². The summed E-state index contributed by atoms with van der Waals surface area (Å²) in [5.41, 5.74) is 0.0444. The fourth-order valence-corrected chi connectivity index (χ4v) is 4.43. The minimum atomic E-state index is -0.689. The molecule has 1 fully saturated rings. The van der Waals surface area contributed by atoms with E-state index in [9.17, 15) is 24.5 Å². The minimum Gasteiger partial charge on any atom is -0.449 e. The number of halogens is 1. The lowest BCUT2D eigenvalue weighted by atomic mass is 9.84. The molecule has 2 heterocycles. The summed E-state index contributed by atoms with van der Waals surface area (Å²) in [7, 11) is 1.75. The van der Waals surface area contributed by atoms with Crippen LogP contribution in [-0.4, -0.2) is 45.6 Å². The van der Waals surface area contributed by atoms with Crippen LogP contribution in [0.5, 0.6) is 0 Å². The van der Waals surface area contributed by atoms with Crippen LogP contribution in [0, 0.1) is 16.0 Å². The van der Waals surface area contributed by atoms with E-state index in [4.69, 9.17) is 16.0 Å². The first-order chi connectivity index (χ1) is 17.1. The summed E-state index contributed by atoms with van der Waals surface area (Å²) in [5.74, 6) is -1.39. The van der Waals surface area contributed by atoms with Crippen LogP contribution in [0.25, 0.3) is 11.0 Å². The molecule has 36 heavy (non-hydrogen) atoms. The second-order valence-electron chi connectivity index (χ2n) is 8.68. The molecule has 3 amide bonds.